The van der Waals surface area contributed by atoms with Crippen molar-refractivity contribution >= 4 is 85.5 Å². The van der Waals surface area contributed by atoms with Gasteiger partial charge in [-0.3, -0.25) is 14.4 Å². The highest BCUT2D eigenvalue weighted by atomic mass is 127. The van der Waals surface area contributed by atoms with E-state index in [2.05, 4.69) is 54.5 Å². The molecule has 0 saturated heterocycles. The SMILES string of the molecule is CC(Sc1ccc(NC(=O)/C(=C/c2ccc(Br)cc2)NC(=O)c2ccccc2)cc1)C(=O)Nc1ccc(I)cc1. The molecule has 0 aromatic heterocycles. The Balaban J connectivity index is 1.42. The summed E-state index contributed by atoms with van der Waals surface area (Å²) in [6.45, 7) is 1.84. The fraction of sp³-hybridized carbons (Fsp3) is 0.0645. The van der Waals surface area contributed by atoms with Crippen LogP contribution in [-0.2, 0) is 9.59 Å². The van der Waals surface area contributed by atoms with E-state index in [1.54, 1.807) is 42.5 Å². The first-order chi connectivity index (χ1) is 19.3. The lowest BCUT2D eigenvalue weighted by molar-refractivity contribution is -0.115. The van der Waals surface area contributed by atoms with Crippen LogP contribution in [0.1, 0.15) is 22.8 Å². The molecule has 0 aliphatic carbocycles. The maximum absolute atomic E-state index is 13.2. The summed E-state index contributed by atoms with van der Waals surface area (Å²) < 4.78 is 2.00. The van der Waals surface area contributed by atoms with Crippen molar-refractivity contribution in [3.05, 3.63) is 128 Å². The Kier molecular flexibility index (Phi) is 10.6. The number of rotatable bonds is 9. The first kappa shape index (κ1) is 29.6. The molecule has 0 fully saturated rings. The normalized spacial score (nSPS) is 11.8. The third kappa shape index (κ3) is 8.80. The molecule has 9 heteroatoms. The molecule has 3 N–H and O–H groups in total. The van der Waals surface area contributed by atoms with Gasteiger partial charge in [0.05, 0.1) is 5.25 Å². The van der Waals surface area contributed by atoms with Crippen LogP contribution in [0.3, 0.4) is 0 Å². The van der Waals surface area contributed by atoms with Gasteiger partial charge < -0.3 is 16.0 Å². The molecule has 0 saturated carbocycles. The highest BCUT2D eigenvalue weighted by molar-refractivity contribution is 14.1. The van der Waals surface area contributed by atoms with E-state index >= 15 is 0 Å². The van der Waals surface area contributed by atoms with E-state index < -0.39 is 5.91 Å². The predicted molar refractivity (Wildman–Crippen MR) is 174 cm³/mol. The minimum absolute atomic E-state index is 0.0968. The first-order valence-electron chi connectivity index (χ1n) is 12.2. The summed E-state index contributed by atoms with van der Waals surface area (Å²) in [5.74, 6) is -0.943. The van der Waals surface area contributed by atoms with Crippen molar-refractivity contribution in [2.45, 2.75) is 17.1 Å². The number of carbonyl (C=O) groups is 3. The Morgan fingerprint density at radius 1 is 0.800 bits per heavy atom. The van der Waals surface area contributed by atoms with Gasteiger partial charge in [-0.15, -0.1) is 11.8 Å². The maximum atomic E-state index is 13.2. The first-order valence-corrected chi connectivity index (χ1v) is 15.0. The van der Waals surface area contributed by atoms with Gasteiger partial charge in [0.15, 0.2) is 0 Å². The van der Waals surface area contributed by atoms with E-state index in [0.29, 0.717) is 11.3 Å². The van der Waals surface area contributed by atoms with Crippen molar-refractivity contribution in [3.63, 3.8) is 0 Å². The highest BCUT2D eigenvalue weighted by Gasteiger charge is 2.17. The van der Waals surface area contributed by atoms with Crippen molar-refractivity contribution < 1.29 is 14.4 Å². The minimum Gasteiger partial charge on any atom is -0.325 e. The van der Waals surface area contributed by atoms with E-state index in [0.717, 1.165) is 24.2 Å². The molecule has 0 spiro atoms. The third-order valence-electron chi connectivity index (χ3n) is 5.62. The molecule has 0 aliphatic heterocycles. The summed E-state index contributed by atoms with van der Waals surface area (Å²) in [4.78, 5) is 39.5. The number of hydrogen-bond acceptors (Lipinski definition) is 4. The van der Waals surface area contributed by atoms with Gasteiger partial charge in [0, 0.05) is 29.9 Å². The quantitative estimate of drug-likeness (QED) is 0.0944. The Labute approximate surface area is 259 Å². The Morgan fingerprint density at radius 2 is 1.40 bits per heavy atom. The van der Waals surface area contributed by atoms with Crippen molar-refractivity contribution in [1.82, 2.24) is 5.32 Å². The van der Waals surface area contributed by atoms with Gasteiger partial charge in [0.2, 0.25) is 5.91 Å². The fourth-order valence-electron chi connectivity index (χ4n) is 3.52. The van der Waals surface area contributed by atoms with Crippen LogP contribution in [0.4, 0.5) is 11.4 Å². The average Bonchev–Trinajstić information content (AvgIpc) is 2.96. The van der Waals surface area contributed by atoms with Gasteiger partial charge in [0.25, 0.3) is 11.8 Å². The number of anilines is 2. The van der Waals surface area contributed by atoms with Crippen molar-refractivity contribution in [3.8, 4) is 0 Å². The van der Waals surface area contributed by atoms with Crippen LogP contribution in [0.5, 0.6) is 0 Å². The number of thioether (sulfide) groups is 1. The standard InChI is InChI=1S/C31H25BrIN3O3S/c1-20(29(37)34-25-13-11-24(33)12-14-25)40-27-17-15-26(16-18-27)35-31(39)28(19-21-7-9-23(32)10-8-21)36-30(38)22-5-3-2-4-6-22/h2-20H,1H3,(H,34,37)(H,35,39)(H,36,38)/b28-19-. The zero-order chi connectivity index (χ0) is 28.5. The molecule has 0 radical (unpaired) electrons. The van der Waals surface area contributed by atoms with E-state index in [1.165, 1.54) is 11.8 Å². The molecule has 0 heterocycles. The molecule has 4 aromatic rings. The Bertz CT molecular complexity index is 1510. The van der Waals surface area contributed by atoms with Gasteiger partial charge in [-0.1, -0.05) is 46.3 Å². The lowest BCUT2D eigenvalue weighted by Crippen LogP contribution is -2.30. The van der Waals surface area contributed by atoms with Crippen molar-refractivity contribution in [2.75, 3.05) is 10.6 Å². The fourth-order valence-corrected chi connectivity index (χ4v) is 5.01. The largest absolute Gasteiger partial charge is 0.325 e. The minimum atomic E-state index is -0.460. The second-order valence-electron chi connectivity index (χ2n) is 8.66. The van der Waals surface area contributed by atoms with Crippen LogP contribution in [0.15, 0.2) is 118 Å². The zero-order valence-corrected chi connectivity index (χ0v) is 25.9. The average molecular weight is 726 g/mol. The van der Waals surface area contributed by atoms with Crippen LogP contribution in [-0.4, -0.2) is 23.0 Å². The summed E-state index contributed by atoms with van der Waals surface area (Å²) in [6, 6.07) is 30.9. The third-order valence-corrected chi connectivity index (χ3v) is 7.98. The number of amides is 3. The van der Waals surface area contributed by atoms with Crippen molar-refractivity contribution in [1.29, 1.82) is 0 Å². The zero-order valence-electron chi connectivity index (χ0n) is 21.4. The van der Waals surface area contributed by atoms with E-state index in [9.17, 15) is 14.4 Å². The number of halogens is 2. The molecule has 1 unspecified atom stereocenters. The molecule has 1 atom stereocenters. The van der Waals surface area contributed by atoms with Gasteiger partial charge in [-0.25, -0.2) is 0 Å². The second-order valence-corrected chi connectivity index (χ2v) is 12.2. The number of benzene rings is 4. The van der Waals surface area contributed by atoms with E-state index in [-0.39, 0.29) is 22.8 Å². The lowest BCUT2D eigenvalue weighted by Gasteiger charge is -2.13. The highest BCUT2D eigenvalue weighted by Crippen LogP contribution is 2.26. The lowest BCUT2D eigenvalue weighted by atomic mass is 10.1. The Morgan fingerprint density at radius 3 is 2.05 bits per heavy atom. The summed E-state index contributed by atoms with van der Waals surface area (Å²) in [7, 11) is 0. The molecule has 3 amide bonds. The molecular weight excluding hydrogens is 701 g/mol. The van der Waals surface area contributed by atoms with E-state index in [4.69, 9.17) is 0 Å². The van der Waals surface area contributed by atoms with Gasteiger partial charge in [-0.05, 0) is 114 Å². The van der Waals surface area contributed by atoms with Gasteiger partial charge in [-0.2, -0.15) is 0 Å². The van der Waals surface area contributed by atoms with Crippen molar-refractivity contribution in [2.24, 2.45) is 0 Å². The monoisotopic (exact) mass is 725 g/mol. The second kappa shape index (κ2) is 14.3. The summed E-state index contributed by atoms with van der Waals surface area (Å²) in [5.41, 5.74) is 2.61. The van der Waals surface area contributed by atoms with Crippen LogP contribution in [0.2, 0.25) is 0 Å². The molecular formula is C31H25BrIN3O3S. The smallest absolute Gasteiger partial charge is 0.272 e. The molecule has 4 rings (SSSR count). The predicted octanol–water partition coefficient (Wildman–Crippen LogP) is 7.58. The number of carbonyl (C=O) groups excluding carboxylic acids is 3. The molecule has 4 aromatic carbocycles. The van der Waals surface area contributed by atoms with Crippen LogP contribution in [0.25, 0.3) is 6.08 Å². The van der Waals surface area contributed by atoms with E-state index in [1.807, 2.05) is 73.7 Å². The van der Waals surface area contributed by atoms with Crippen LogP contribution in [0, 0.1) is 3.57 Å². The Hall–Kier alpha value is -3.41. The summed E-state index contributed by atoms with van der Waals surface area (Å²) >= 11 is 7.04. The molecule has 0 aliphatic rings. The molecule has 40 heavy (non-hydrogen) atoms. The summed E-state index contributed by atoms with van der Waals surface area (Å²) in [6.07, 6.45) is 1.63. The van der Waals surface area contributed by atoms with Crippen LogP contribution < -0.4 is 16.0 Å². The number of hydrogen-bond donors (Lipinski definition) is 3. The number of nitrogens with one attached hydrogen (secondary N) is 3. The topological polar surface area (TPSA) is 87.3 Å². The van der Waals surface area contributed by atoms with Gasteiger partial charge >= 0.3 is 0 Å². The molecule has 202 valence electrons. The van der Waals surface area contributed by atoms with Gasteiger partial charge in [0.1, 0.15) is 5.70 Å². The van der Waals surface area contributed by atoms with Crippen LogP contribution >= 0.6 is 50.3 Å². The maximum Gasteiger partial charge on any atom is 0.272 e. The molecule has 0 bridgehead atoms. The summed E-state index contributed by atoms with van der Waals surface area (Å²) in [5, 5.41) is 8.19. The molecule has 6 nitrogen and oxygen atoms in total.